The van der Waals surface area contributed by atoms with Crippen LogP contribution >= 0.6 is 0 Å². The van der Waals surface area contributed by atoms with E-state index in [0.29, 0.717) is 18.8 Å². The molecule has 1 atom stereocenters. The smallest absolute Gasteiger partial charge is 0.274 e. The van der Waals surface area contributed by atoms with Crippen molar-refractivity contribution >= 4 is 28.4 Å². The van der Waals surface area contributed by atoms with Gasteiger partial charge >= 0.3 is 0 Å². The van der Waals surface area contributed by atoms with E-state index < -0.39 is 0 Å². The summed E-state index contributed by atoms with van der Waals surface area (Å²) in [6, 6.07) is 14.0. The molecule has 0 saturated carbocycles. The maximum absolute atomic E-state index is 12.6. The van der Waals surface area contributed by atoms with Crippen molar-refractivity contribution < 1.29 is 14.7 Å². The second-order valence-electron chi connectivity index (χ2n) is 8.44. The summed E-state index contributed by atoms with van der Waals surface area (Å²) in [5.74, 6) is -0.211. The summed E-state index contributed by atoms with van der Waals surface area (Å²) in [6.45, 7) is 4.88. The Kier molecular flexibility index (Phi) is 5.93. The second kappa shape index (κ2) is 9.34. The number of fused-ring (bicyclic) bond motifs is 1. The van der Waals surface area contributed by atoms with E-state index in [1.807, 2.05) is 12.1 Å². The number of pyridine rings is 1. The Bertz CT molecular complexity index is 1430. The molecule has 1 unspecified atom stereocenters. The zero-order valence-corrected chi connectivity index (χ0v) is 18.9. The average Bonchev–Trinajstić information content (AvgIpc) is 3.38. The number of carbonyl (C=O) groups excluding carboxylic acids is 2. The lowest BCUT2D eigenvalue weighted by atomic mass is 9.92. The number of benzene rings is 2. The largest absolute Gasteiger partial charge is 0.508 e. The van der Waals surface area contributed by atoms with E-state index in [4.69, 9.17) is 0 Å². The summed E-state index contributed by atoms with van der Waals surface area (Å²) < 4.78 is 0. The molecular formula is C27H23N5O3. The summed E-state index contributed by atoms with van der Waals surface area (Å²) in [4.78, 5) is 39.5. The highest BCUT2D eigenvalue weighted by Crippen LogP contribution is 2.35. The molecule has 2 aromatic heterocycles. The topological polar surface area (TPSA) is 108 Å². The van der Waals surface area contributed by atoms with Crippen LogP contribution in [0.25, 0.3) is 22.0 Å². The lowest BCUT2D eigenvalue weighted by Gasteiger charge is -2.17. The van der Waals surface area contributed by atoms with Gasteiger partial charge in [0.1, 0.15) is 17.8 Å². The van der Waals surface area contributed by atoms with Gasteiger partial charge in [-0.25, -0.2) is 9.97 Å². The van der Waals surface area contributed by atoms with Crippen LogP contribution in [0.5, 0.6) is 5.75 Å². The van der Waals surface area contributed by atoms with Crippen molar-refractivity contribution in [3.8, 4) is 16.9 Å². The fourth-order valence-electron chi connectivity index (χ4n) is 4.43. The first-order valence-electron chi connectivity index (χ1n) is 11.2. The number of hydrogen-bond acceptors (Lipinski definition) is 6. The number of likely N-dealkylation sites (tertiary alicyclic amines) is 1. The Morgan fingerprint density at radius 3 is 2.74 bits per heavy atom. The fourth-order valence-corrected chi connectivity index (χ4v) is 4.43. The maximum Gasteiger partial charge on any atom is 0.274 e. The molecule has 1 aliphatic rings. The molecule has 8 nitrogen and oxygen atoms in total. The van der Waals surface area contributed by atoms with Crippen LogP contribution in [0, 0.1) is 0 Å². The third-order valence-corrected chi connectivity index (χ3v) is 6.18. The molecule has 0 radical (unpaired) electrons. The van der Waals surface area contributed by atoms with Gasteiger partial charge < -0.3 is 15.3 Å². The Morgan fingerprint density at radius 1 is 1.09 bits per heavy atom. The first-order valence-corrected chi connectivity index (χ1v) is 11.2. The highest BCUT2D eigenvalue weighted by molar-refractivity contribution is 6.03. The molecule has 1 fully saturated rings. The van der Waals surface area contributed by atoms with Crippen LogP contribution in [0.3, 0.4) is 0 Å². The number of carbonyl (C=O) groups is 2. The molecule has 1 saturated heterocycles. The molecule has 1 aliphatic heterocycles. The van der Waals surface area contributed by atoms with Crippen LogP contribution in [0.4, 0.5) is 5.69 Å². The van der Waals surface area contributed by atoms with Crippen molar-refractivity contribution in [1.82, 2.24) is 19.9 Å². The number of aromatic hydroxyl groups is 1. The minimum atomic E-state index is -0.368. The molecule has 4 aromatic rings. The number of rotatable bonds is 5. The highest BCUT2D eigenvalue weighted by atomic mass is 16.3. The van der Waals surface area contributed by atoms with E-state index in [1.165, 1.54) is 24.5 Å². The van der Waals surface area contributed by atoms with Crippen molar-refractivity contribution in [1.29, 1.82) is 0 Å². The third kappa shape index (κ3) is 4.59. The highest BCUT2D eigenvalue weighted by Gasteiger charge is 2.28. The van der Waals surface area contributed by atoms with Gasteiger partial charge in [-0.3, -0.25) is 14.6 Å². The Hall–Kier alpha value is -4.59. The molecular weight excluding hydrogens is 442 g/mol. The average molecular weight is 466 g/mol. The second-order valence-corrected chi connectivity index (χ2v) is 8.44. The van der Waals surface area contributed by atoms with Crippen LogP contribution in [-0.2, 0) is 4.79 Å². The molecule has 2 amide bonds. The summed E-state index contributed by atoms with van der Waals surface area (Å²) in [6.07, 6.45) is 7.17. The number of aromatic nitrogens is 3. The van der Waals surface area contributed by atoms with Gasteiger partial charge in [0.2, 0.25) is 5.91 Å². The van der Waals surface area contributed by atoms with Crippen molar-refractivity contribution in [2.75, 3.05) is 18.4 Å². The molecule has 0 bridgehead atoms. The normalized spacial score (nSPS) is 15.2. The van der Waals surface area contributed by atoms with Gasteiger partial charge in [-0.05, 0) is 54.0 Å². The standard InChI is InChI=1S/C27H23N5O3/c1-2-25(34)32-9-8-18(15-32)23-11-19(10-20-13-28-16-30-26(20)23)17-6-7-24(29-14-17)27(35)31-21-4-3-5-22(33)12-21/h2-7,10-14,16,18,33H,1,8-9,15H2,(H,31,35). The number of hydrogen-bond donors (Lipinski definition) is 2. The first kappa shape index (κ1) is 22.2. The molecule has 0 aliphatic carbocycles. The SMILES string of the molecule is C=CC(=O)N1CCC(c2cc(-c3ccc(C(=O)Nc4cccc(O)c4)nc3)cc3cncnc23)C1. The molecule has 35 heavy (non-hydrogen) atoms. The minimum Gasteiger partial charge on any atom is -0.508 e. The Labute approximate surface area is 202 Å². The van der Waals surface area contributed by atoms with E-state index in [2.05, 4.69) is 32.9 Å². The lowest BCUT2D eigenvalue weighted by molar-refractivity contribution is -0.125. The van der Waals surface area contributed by atoms with Gasteiger partial charge in [-0.1, -0.05) is 18.7 Å². The minimum absolute atomic E-state index is 0.0635. The van der Waals surface area contributed by atoms with E-state index in [0.717, 1.165) is 34.0 Å². The van der Waals surface area contributed by atoms with E-state index >= 15 is 0 Å². The summed E-state index contributed by atoms with van der Waals surface area (Å²) >= 11 is 0. The number of nitrogens with one attached hydrogen (secondary N) is 1. The molecule has 174 valence electrons. The van der Waals surface area contributed by atoms with Crippen molar-refractivity contribution in [3.05, 3.63) is 91.2 Å². The summed E-state index contributed by atoms with van der Waals surface area (Å²) in [5.41, 5.74) is 4.46. The summed E-state index contributed by atoms with van der Waals surface area (Å²) in [5, 5.41) is 13.2. The van der Waals surface area contributed by atoms with Crippen molar-refractivity contribution in [2.24, 2.45) is 0 Å². The van der Waals surface area contributed by atoms with E-state index in [9.17, 15) is 14.7 Å². The van der Waals surface area contributed by atoms with Gasteiger partial charge in [-0.15, -0.1) is 0 Å². The van der Waals surface area contributed by atoms with Crippen LogP contribution in [0.2, 0.25) is 0 Å². The van der Waals surface area contributed by atoms with Gasteiger partial charge in [-0.2, -0.15) is 0 Å². The molecule has 8 heteroatoms. The number of phenolic OH excluding ortho intramolecular Hbond substituents is 1. The fraction of sp³-hybridized carbons (Fsp3) is 0.148. The van der Waals surface area contributed by atoms with Crippen LogP contribution < -0.4 is 5.32 Å². The number of amides is 2. The van der Waals surface area contributed by atoms with Crippen LogP contribution in [0.1, 0.15) is 28.4 Å². The van der Waals surface area contributed by atoms with E-state index in [-0.39, 0.29) is 29.2 Å². The van der Waals surface area contributed by atoms with Gasteiger partial charge in [0, 0.05) is 54.1 Å². The maximum atomic E-state index is 12.6. The number of anilines is 1. The van der Waals surface area contributed by atoms with Gasteiger partial charge in [0.05, 0.1) is 5.52 Å². The molecule has 0 spiro atoms. The molecule has 3 heterocycles. The van der Waals surface area contributed by atoms with Crippen molar-refractivity contribution in [2.45, 2.75) is 12.3 Å². The van der Waals surface area contributed by atoms with E-state index in [1.54, 1.807) is 35.5 Å². The predicted molar refractivity (Wildman–Crippen MR) is 133 cm³/mol. The Balaban J connectivity index is 1.43. The number of phenols is 1. The van der Waals surface area contributed by atoms with Gasteiger partial charge in [0.25, 0.3) is 5.91 Å². The molecule has 2 N–H and O–H groups in total. The predicted octanol–water partition coefficient (Wildman–Crippen LogP) is 4.15. The quantitative estimate of drug-likeness (QED) is 0.429. The molecule has 2 aromatic carbocycles. The van der Waals surface area contributed by atoms with Crippen molar-refractivity contribution in [3.63, 3.8) is 0 Å². The lowest BCUT2D eigenvalue weighted by Crippen LogP contribution is -2.26. The molecule has 5 rings (SSSR count). The van der Waals surface area contributed by atoms with Crippen LogP contribution in [0.15, 0.2) is 79.9 Å². The summed E-state index contributed by atoms with van der Waals surface area (Å²) in [7, 11) is 0. The zero-order chi connectivity index (χ0) is 24.4. The third-order valence-electron chi connectivity index (χ3n) is 6.18. The van der Waals surface area contributed by atoms with Crippen LogP contribution in [-0.4, -0.2) is 49.9 Å². The van der Waals surface area contributed by atoms with Gasteiger partial charge in [0.15, 0.2) is 0 Å². The Morgan fingerprint density at radius 2 is 1.97 bits per heavy atom. The zero-order valence-electron chi connectivity index (χ0n) is 18.9. The number of nitrogens with zero attached hydrogens (tertiary/aromatic N) is 4. The monoisotopic (exact) mass is 465 g/mol. The first-order chi connectivity index (χ1) is 17.0.